The predicted molar refractivity (Wildman–Crippen MR) is 105 cm³/mol. The zero-order valence-electron chi connectivity index (χ0n) is 16.6. The monoisotopic (exact) mass is 385 g/mol. The lowest BCUT2D eigenvalue weighted by molar-refractivity contribution is 0.0515. The molecule has 2 aromatic heterocycles. The molecule has 8 nitrogen and oxygen atoms in total. The fourth-order valence-electron chi connectivity index (χ4n) is 3.06. The Bertz CT molecular complexity index is 811. The minimum absolute atomic E-state index is 0.137. The van der Waals surface area contributed by atoms with Crippen LogP contribution in [0.4, 0.5) is 5.95 Å². The van der Waals surface area contributed by atoms with Gasteiger partial charge in [0.25, 0.3) is 11.8 Å². The second kappa shape index (κ2) is 8.86. The van der Waals surface area contributed by atoms with Gasteiger partial charge in [0.05, 0.1) is 6.26 Å². The van der Waals surface area contributed by atoms with Crippen LogP contribution in [0.1, 0.15) is 47.0 Å². The van der Waals surface area contributed by atoms with E-state index in [1.807, 2.05) is 6.92 Å². The number of carbonyl (C=O) groups excluding carboxylic acids is 2. The molecule has 1 aliphatic rings. The van der Waals surface area contributed by atoms with Crippen molar-refractivity contribution in [2.24, 2.45) is 5.92 Å². The summed E-state index contributed by atoms with van der Waals surface area (Å²) in [4.78, 5) is 37.4. The molecule has 0 atom stereocenters. The highest BCUT2D eigenvalue weighted by Crippen LogP contribution is 2.13. The van der Waals surface area contributed by atoms with Gasteiger partial charge in [-0.2, -0.15) is 0 Å². The van der Waals surface area contributed by atoms with Crippen molar-refractivity contribution >= 4 is 17.8 Å². The van der Waals surface area contributed by atoms with Crippen LogP contribution in [0.15, 0.2) is 28.9 Å². The van der Waals surface area contributed by atoms with E-state index in [9.17, 15) is 9.59 Å². The fourth-order valence-corrected chi connectivity index (χ4v) is 3.06. The topological polar surface area (TPSA) is 91.6 Å². The Kier molecular flexibility index (Phi) is 6.28. The molecule has 1 N–H and O–H groups in total. The quantitative estimate of drug-likeness (QED) is 0.821. The van der Waals surface area contributed by atoms with Crippen molar-refractivity contribution in [1.29, 1.82) is 0 Å². The third kappa shape index (κ3) is 4.88. The van der Waals surface area contributed by atoms with Crippen molar-refractivity contribution in [2.75, 3.05) is 38.0 Å². The minimum Gasteiger partial charge on any atom is -0.459 e. The number of anilines is 1. The molecule has 28 heavy (non-hydrogen) atoms. The van der Waals surface area contributed by atoms with Crippen molar-refractivity contribution in [3.8, 4) is 0 Å². The number of amides is 2. The van der Waals surface area contributed by atoms with E-state index in [4.69, 9.17) is 4.42 Å². The lowest BCUT2D eigenvalue weighted by atomic mass is 10.1. The third-order valence-corrected chi connectivity index (χ3v) is 4.66. The van der Waals surface area contributed by atoms with Gasteiger partial charge in [0, 0.05) is 38.4 Å². The smallest absolute Gasteiger partial charge is 0.289 e. The number of piperazine rings is 1. The molecule has 3 heterocycles. The Hall–Kier alpha value is -2.90. The third-order valence-electron chi connectivity index (χ3n) is 4.66. The number of rotatable bonds is 6. The molecule has 1 fully saturated rings. The van der Waals surface area contributed by atoms with Crippen LogP contribution in [-0.2, 0) is 0 Å². The van der Waals surface area contributed by atoms with E-state index in [1.54, 1.807) is 28.0 Å². The summed E-state index contributed by atoms with van der Waals surface area (Å²) < 4.78 is 5.17. The zero-order chi connectivity index (χ0) is 20.1. The first-order chi connectivity index (χ1) is 13.4. The Balaban J connectivity index is 1.60. The molecular formula is C20H27N5O3. The van der Waals surface area contributed by atoms with E-state index in [0.29, 0.717) is 49.5 Å². The average Bonchev–Trinajstić information content (AvgIpc) is 3.21. The second-order valence-electron chi connectivity index (χ2n) is 7.39. The maximum absolute atomic E-state index is 12.9. The summed E-state index contributed by atoms with van der Waals surface area (Å²) in [7, 11) is 0. The number of carbonyl (C=O) groups is 2. The maximum Gasteiger partial charge on any atom is 0.289 e. The largest absolute Gasteiger partial charge is 0.459 e. The molecule has 0 saturated carbocycles. The standard InChI is InChI=1S/C20H27N5O3/c1-14(2)6-7-21-20-22-15(3)13-16(23-20)18(26)24-8-10-25(11-9-24)19(27)17-5-4-12-28-17/h4-5,12-14H,6-11H2,1-3H3,(H,21,22,23). The summed E-state index contributed by atoms with van der Waals surface area (Å²) in [6.07, 6.45) is 2.49. The number of hydrogen-bond donors (Lipinski definition) is 1. The highest BCUT2D eigenvalue weighted by molar-refractivity contribution is 5.94. The molecule has 150 valence electrons. The molecule has 0 aromatic carbocycles. The minimum atomic E-state index is -0.147. The molecule has 1 saturated heterocycles. The molecule has 0 spiro atoms. The molecule has 0 unspecified atom stereocenters. The van der Waals surface area contributed by atoms with Crippen molar-refractivity contribution in [3.05, 3.63) is 41.6 Å². The maximum atomic E-state index is 12.9. The number of furan rings is 1. The van der Waals surface area contributed by atoms with Gasteiger partial charge in [0.15, 0.2) is 5.76 Å². The fraction of sp³-hybridized carbons (Fsp3) is 0.500. The van der Waals surface area contributed by atoms with Crippen LogP contribution in [0, 0.1) is 12.8 Å². The molecule has 8 heteroatoms. The van der Waals surface area contributed by atoms with Gasteiger partial charge in [0.2, 0.25) is 5.95 Å². The van der Waals surface area contributed by atoms with E-state index >= 15 is 0 Å². The van der Waals surface area contributed by atoms with Crippen LogP contribution in [0.2, 0.25) is 0 Å². The Labute approximate surface area is 164 Å². The number of aryl methyl sites for hydroxylation is 1. The van der Waals surface area contributed by atoms with Gasteiger partial charge in [-0.05, 0) is 37.5 Å². The Morgan fingerprint density at radius 2 is 1.82 bits per heavy atom. The van der Waals surface area contributed by atoms with Crippen LogP contribution >= 0.6 is 0 Å². The summed E-state index contributed by atoms with van der Waals surface area (Å²) in [5, 5.41) is 3.20. The number of hydrogen-bond acceptors (Lipinski definition) is 6. The van der Waals surface area contributed by atoms with Gasteiger partial charge in [-0.3, -0.25) is 9.59 Å². The van der Waals surface area contributed by atoms with Gasteiger partial charge in [-0.15, -0.1) is 0 Å². The lowest BCUT2D eigenvalue weighted by Gasteiger charge is -2.34. The van der Waals surface area contributed by atoms with Gasteiger partial charge in [0.1, 0.15) is 5.69 Å². The van der Waals surface area contributed by atoms with E-state index in [1.165, 1.54) is 6.26 Å². The molecule has 1 aliphatic heterocycles. The molecule has 2 amide bonds. The molecule has 0 aliphatic carbocycles. The van der Waals surface area contributed by atoms with E-state index in [2.05, 4.69) is 29.1 Å². The van der Waals surface area contributed by atoms with Crippen LogP contribution in [0.5, 0.6) is 0 Å². The Morgan fingerprint density at radius 3 is 2.43 bits per heavy atom. The molecule has 3 rings (SSSR count). The summed E-state index contributed by atoms with van der Waals surface area (Å²) >= 11 is 0. The Morgan fingerprint density at radius 1 is 1.14 bits per heavy atom. The van der Waals surface area contributed by atoms with Crippen LogP contribution in [0.3, 0.4) is 0 Å². The summed E-state index contributed by atoms with van der Waals surface area (Å²) in [6, 6.07) is 5.05. The van der Waals surface area contributed by atoms with Gasteiger partial charge in [-0.1, -0.05) is 13.8 Å². The first-order valence-electron chi connectivity index (χ1n) is 9.65. The second-order valence-corrected chi connectivity index (χ2v) is 7.39. The van der Waals surface area contributed by atoms with Crippen molar-refractivity contribution in [1.82, 2.24) is 19.8 Å². The van der Waals surface area contributed by atoms with E-state index in [0.717, 1.165) is 18.7 Å². The van der Waals surface area contributed by atoms with Crippen molar-refractivity contribution in [2.45, 2.75) is 27.2 Å². The number of nitrogens with one attached hydrogen (secondary N) is 1. The average molecular weight is 385 g/mol. The first-order valence-corrected chi connectivity index (χ1v) is 9.65. The van der Waals surface area contributed by atoms with Crippen molar-refractivity contribution in [3.63, 3.8) is 0 Å². The van der Waals surface area contributed by atoms with E-state index in [-0.39, 0.29) is 11.8 Å². The lowest BCUT2D eigenvalue weighted by Crippen LogP contribution is -2.50. The van der Waals surface area contributed by atoms with Gasteiger partial charge in [-0.25, -0.2) is 9.97 Å². The number of nitrogens with zero attached hydrogens (tertiary/aromatic N) is 4. The van der Waals surface area contributed by atoms with Crippen LogP contribution < -0.4 is 5.32 Å². The summed E-state index contributed by atoms with van der Waals surface area (Å²) in [5.74, 6) is 1.10. The van der Waals surface area contributed by atoms with E-state index < -0.39 is 0 Å². The molecule has 0 radical (unpaired) electrons. The normalized spacial score (nSPS) is 14.4. The highest BCUT2D eigenvalue weighted by atomic mass is 16.3. The molecule has 0 bridgehead atoms. The van der Waals surface area contributed by atoms with Gasteiger partial charge >= 0.3 is 0 Å². The van der Waals surface area contributed by atoms with Crippen molar-refractivity contribution < 1.29 is 14.0 Å². The van der Waals surface area contributed by atoms with Gasteiger partial charge < -0.3 is 19.5 Å². The predicted octanol–water partition coefficient (Wildman–Crippen LogP) is 2.43. The summed E-state index contributed by atoms with van der Waals surface area (Å²) in [5.41, 5.74) is 1.13. The zero-order valence-corrected chi connectivity index (χ0v) is 16.6. The van der Waals surface area contributed by atoms with Crippen LogP contribution in [-0.4, -0.2) is 64.3 Å². The first kappa shape index (κ1) is 19.9. The van der Waals surface area contributed by atoms with Crippen LogP contribution in [0.25, 0.3) is 0 Å². The highest BCUT2D eigenvalue weighted by Gasteiger charge is 2.27. The SMILES string of the molecule is Cc1cc(C(=O)N2CCN(C(=O)c3ccco3)CC2)nc(NCCC(C)C)n1. The summed E-state index contributed by atoms with van der Waals surface area (Å²) in [6.45, 7) is 8.79. The number of aromatic nitrogens is 2. The molecule has 2 aromatic rings. The molecular weight excluding hydrogens is 358 g/mol.